The normalized spacial score (nSPS) is 13.4. The molecule has 0 saturated heterocycles. The van der Waals surface area contributed by atoms with E-state index in [-0.39, 0.29) is 5.56 Å². The highest BCUT2D eigenvalue weighted by atomic mass is 79.9. The zero-order valence-corrected chi connectivity index (χ0v) is 12.9. The lowest BCUT2D eigenvalue weighted by molar-refractivity contribution is -0.138. The van der Waals surface area contributed by atoms with Crippen LogP contribution in [0.2, 0.25) is 0 Å². The summed E-state index contributed by atoms with van der Waals surface area (Å²) in [4.78, 5) is 0. The molecule has 0 radical (unpaired) electrons. The molecule has 2 rings (SSSR count). The fourth-order valence-electron chi connectivity index (χ4n) is 2.01. The first-order valence-electron chi connectivity index (χ1n) is 6.01. The molecule has 0 aliphatic heterocycles. The molecule has 1 unspecified atom stereocenters. The minimum absolute atomic E-state index is 0.149. The molecule has 0 amide bonds. The van der Waals surface area contributed by atoms with E-state index in [1.807, 2.05) is 16.8 Å². The van der Waals surface area contributed by atoms with Crippen LogP contribution >= 0.6 is 27.3 Å². The molecule has 1 heterocycles. The van der Waals surface area contributed by atoms with Gasteiger partial charge in [-0.15, -0.1) is 0 Å². The van der Waals surface area contributed by atoms with Crippen molar-refractivity contribution in [2.45, 2.75) is 25.1 Å². The standard InChI is InChI=1S/C14H13BrF3NS/c15-10-2-3-11(12(7-10)14(16,17)18)13(19)4-1-9-5-6-20-8-9/h2-3,5-8,13H,1,4,19H2. The van der Waals surface area contributed by atoms with E-state index in [0.717, 1.165) is 11.6 Å². The van der Waals surface area contributed by atoms with Crippen molar-refractivity contribution in [3.8, 4) is 0 Å². The van der Waals surface area contributed by atoms with Crippen LogP contribution in [0.5, 0.6) is 0 Å². The first-order valence-corrected chi connectivity index (χ1v) is 7.75. The average molecular weight is 364 g/mol. The fourth-order valence-corrected chi connectivity index (χ4v) is 3.07. The van der Waals surface area contributed by atoms with Crippen LogP contribution in [0.3, 0.4) is 0 Å². The second-order valence-electron chi connectivity index (χ2n) is 4.51. The molecule has 20 heavy (non-hydrogen) atoms. The molecular weight excluding hydrogens is 351 g/mol. The van der Waals surface area contributed by atoms with E-state index in [4.69, 9.17) is 5.73 Å². The highest BCUT2D eigenvalue weighted by Gasteiger charge is 2.34. The van der Waals surface area contributed by atoms with Crippen molar-refractivity contribution < 1.29 is 13.2 Å². The largest absolute Gasteiger partial charge is 0.416 e. The zero-order chi connectivity index (χ0) is 14.8. The average Bonchev–Trinajstić information content (AvgIpc) is 2.88. The lowest BCUT2D eigenvalue weighted by atomic mass is 9.96. The maximum atomic E-state index is 13.0. The second-order valence-corrected chi connectivity index (χ2v) is 6.20. The Kier molecular flexibility index (Phi) is 4.88. The van der Waals surface area contributed by atoms with E-state index in [1.54, 1.807) is 17.4 Å². The molecule has 0 bridgehead atoms. The Hall–Kier alpha value is -0.850. The van der Waals surface area contributed by atoms with Gasteiger partial charge in [-0.1, -0.05) is 22.0 Å². The third kappa shape index (κ3) is 3.84. The van der Waals surface area contributed by atoms with Gasteiger partial charge in [0.25, 0.3) is 0 Å². The van der Waals surface area contributed by atoms with Crippen molar-refractivity contribution in [1.29, 1.82) is 0 Å². The monoisotopic (exact) mass is 363 g/mol. The zero-order valence-electron chi connectivity index (χ0n) is 10.5. The highest BCUT2D eigenvalue weighted by Crippen LogP contribution is 2.36. The quantitative estimate of drug-likeness (QED) is 0.797. The summed E-state index contributed by atoms with van der Waals surface area (Å²) in [6.45, 7) is 0. The van der Waals surface area contributed by atoms with Gasteiger partial charge >= 0.3 is 6.18 Å². The predicted molar refractivity (Wildman–Crippen MR) is 78.7 cm³/mol. The number of rotatable bonds is 4. The van der Waals surface area contributed by atoms with E-state index in [9.17, 15) is 13.2 Å². The van der Waals surface area contributed by atoms with Crippen molar-refractivity contribution in [2.75, 3.05) is 0 Å². The minimum atomic E-state index is -4.39. The molecule has 6 heteroatoms. The predicted octanol–water partition coefficient (Wildman–Crippen LogP) is 5.16. The summed E-state index contributed by atoms with van der Waals surface area (Å²) in [6.07, 6.45) is -3.22. The maximum Gasteiger partial charge on any atom is 0.416 e. The number of aryl methyl sites for hydroxylation is 1. The lowest BCUT2D eigenvalue weighted by Gasteiger charge is -2.18. The third-order valence-electron chi connectivity index (χ3n) is 3.04. The van der Waals surface area contributed by atoms with Crippen molar-refractivity contribution in [3.05, 3.63) is 56.2 Å². The first kappa shape index (κ1) is 15.5. The van der Waals surface area contributed by atoms with Crippen LogP contribution in [0.15, 0.2) is 39.5 Å². The van der Waals surface area contributed by atoms with Gasteiger partial charge in [0.1, 0.15) is 0 Å². The van der Waals surface area contributed by atoms with Crippen LogP contribution in [0.1, 0.15) is 29.2 Å². The summed E-state index contributed by atoms with van der Waals surface area (Å²) >= 11 is 4.64. The number of thiophene rings is 1. The molecule has 2 aromatic rings. The summed E-state index contributed by atoms with van der Waals surface area (Å²) in [7, 11) is 0. The maximum absolute atomic E-state index is 13.0. The lowest BCUT2D eigenvalue weighted by Crippen LogP contribution is -2.18. The van der Waals surface area contributed by atoms with Crippen molar-refractivity contribution in [2.24, 2.45) is 5.73 Å². The van der Waals surface area contributed by atoms with Gasteiger partial charge in [-0.3, -0.25) is 0 Å². The molecule has 0 fully saturated rings. The van der Waals surface area contributed by atoms with Crippen LogP contribution in [-0.2, 0) is 12.6 Å². The minimum Gasteiger partial charge on any atom is -0.324 e. The number of nitrogens with two attached hydrogens (primary N) is 1. The Morgan fingerprint density at radius 3 is 2.60 bits per heavy atom. The molecule has 108 valence electrons. The van der Waals surface area contributed by atoms with Gasteiger partial charge in [0.2, 0.25) is 0 Å². The molecule has 0 aliphatic rings. The molecule has 0 saturated carbocycles. The Bertz CT molecular complexity index is 566. The summed E-state index contributed by atoms with van der Waals surface area (Å²) < 4.78 is 39.5. The van der Waals surface area contributed by atoms with Crippen LogP contribution < -0.4 is 5.73 Å². The summed E-state index contributed by atoms with van der Waals surface area (Å²) in [5.41, 5.74) is 6.54. The smallest absolute Gasteiger partial charge is 0.324 e. The fraction of sp³-hybridized carbons (Fsp3) is 0.286. The molecule has 1 aromatic heterocycles. The summed E-state index contributed by atoms with van der Waals surface area (Å²) in [5.74, 6) is 0. The molecule has 2 N–H and O–H groups in total. The van der Waals surface area contributed by atoms with Gasteiger partial charge < -0.3 is 5.73 Å². The van der Waals surface area contributed by atoms with E-state index in [0.29, 0.717) is 17.3 Å². The number of hydrogen-bond acceptors (Lipinski definition) is 2. The van der Waals surface area contributed by atoms with E-state index in [1.165, 1.54) is 6.07 Å². The van der Waals surface area contributed by atoms with E-state index >= 15 is 0 Å². The molecule has 0 aliphatic carbocycles. The Morgan fingerprint density at radius 2 is 2.00 bits per heavy atom. The highest BCUT2D eigenvalue weighted by molar-refractivity contribution is 9.10. The Labute approximate surface area is 127 Å². The van der Waals surface area contributed by atoms with Gasteiger partial charge in [0.15, 0.2) is 0 Å². The molecule has 1 nitrogen and oxygen atoms in total. The second kappa shape index (κ2) is 6.28. The molecule has 0 spiro atoms. The van der Waals surface area contributed by atoms with Crippen LogP contribution in [-0.4, -0.2) is 0 Å². The van der Waals surface area contributed by atoms with Gasteiger partial charge in [-0.25, -0.2) is 0 Å². The van der Waals surface area contributed by atoms with Crippen molar-refractivity contribution in [3.63, 3.8) is 0 Å². The number of hydrogen-bond donors (Lipinski definition) is 1. The van der Waals surface area contributed by atoms with Crippen LogP contribution in [0.25, 0.3) is 0 Å². The molecule has 1 atom stereocenters. The van der Waals surface area contributed by atoms with Gasteiger partial charge in [0.05, 0.1) is 5.56 Å². The SMILES string of the molecule is NC(CCc1ccsc1)c1ccc(Br)cc1C(F)(F)F. The van der Waals surface area contributed by atoms with Crippen LogP contribution in [0, 0.1) is 0 Å². The molecule has 1 aromatic carbocycles. The first-order chi connectivity index (χ1) is 9.38. The Morgan fingerprint density at radius 1 is 1.25 bits per heavy atom. The van der Waals surface area contributed by atoms with Crippen LogP contribution in [0.4, 0.5) is 13.2 Å². The summed E-state index contributed by atoms with van der Waals surface area (Å²) in [6, 6.07) is 5.46. The van der Waals surface area contributed by atoms with E-state index < -0.39 is 17.8 Å². The van der Waals surface area contributed by atoms with Gasteiger partial charge in [-0.2, -0.15) is 24.5 Å². The number of benzene rings is 1. The topological polar surface area (TPSA) is 26.0 Å². The Balaban J connectivity index is 2.18. The number of halogens is 4. The van der Waals surface area contributed by atoms with Gasteiger partial charge in [0, 0.05) is 10.5 Å². The van der Waals surface area contributed by atoms with Crippen molar-refractivity contribution in [1.82, 2.24) is 0 Å². The van der Waals surface area contributed by atoms with E-state index in [2.05, 4.69) is 15.9 Å². The third-order valence-corrected chi connectivity index (χ3v) is 4.27. The van der Waals surface area contributed by atoms with Gasteiger partial charge in [-0.05, 0) is 52.9 Å². The van der Waals surface area contributed by atoms with Crippen molar-refractivity contribution >= 4 is 27.3 Å². The summed E-state index contributed by atoms with van der Waals surface area (Å²) in [5, 5.41) is 3.93. The molecular formula is C14H13BrF3NS. The number of alkyl halides is 3.